The van der Waals surface area contributed by atoms with Crippen LogP contribution in [0.3, 0.4) is 0 Å². The summed E-state index contributed by atoms with van der Waals surface area (Å²) in [5.74, 6) is 0.216. The Morgan fingerprint density at radius 2 is 1.93 bits per heavy atom. The van der Waals surface area contributed by atoms with Crippen LogP contribution in [-0.2, 0) is 16.6 Å². The third-order valence-electron chi connectivity index (χ3n) is 3.85. The van der Waals surface area contributed by atoms with E-state index in [2.05, 4.69) is 4.98 Å². The van der Waals surface area contributed by atoms with Crippen LogP contribution in [0, 0.1) is 5.82 Å². The maximum Gasteiger partial charge on any atom is 0.269 e. The van der Waals surface area contributed by atoms with E-state index >= 15 is 0 Å². The molecule has 0 aliphatic heterocycles. The Labute approximate surface area is 160 Å². The van der Waals surface area contributed by atoms with Crippen LogP contribution in [0.15, 0.2) is 58.9 Å². The van der Waals surface area contributed by atoms with Crippen molar-refractivity contribution in [2.75, 3.05) is 18.5 Å². The Morgan fingerprint density at radius 1 is 1.15 bits per heavy atom. The lowest BCUT2D eigenvalue weighted by molar-refractivity contribution is 0.391. The highest BCUT2D eigenvalue weighted by Gasteiger charge is 2.30. The zero-order chi connectivity index (χ0) is 19.4. The second-order valence-corrected chi connectivity index (χ2v) is 8.14. The number of hydrogen-bond donors (Lipinski definition) is 0. The average molecular weight is 408 g/mol. The first-order chi connectivity index (χ1) is 13.0. The number of methoxy groups -OCH3 is 2. The standard InChI is InChI=1S/C18H17FN2O4S2/c1-24-14-8-7-13(16(11-14)25-2)12-21(18-20-9-10-26-18)27(22,23)17-6-4-3-5-15(17)19/h3-11H,12H2,1-2H3. The predicted octanol–water partition coefficient (Wildman–Crippen LogP) is 3.69. The molecule has 3 aromatic rings. The van der Waals surface area contributed by atoms with Crippen LogP contribution in [0.1, 0.15) is 5.56 Å². The largest absolute Gasteiger partial charge is 0.497 e. The molecule has 0 aliphatic carbocycles. The van der Waals surface area contributed by atoms with Gasteiger partial charge in [0.05, 0.1) is 20.8 Å². The summed E-state index contributed by atoms with van der Waals surface area (Å²) < 4.78 is 52.1. The summed E-state index contributed by atoms with van der Waals surface area (Å²) in [6.07, 6.45) is 1.50. The summed E-state index contributed by atoms with van der Waals surface area (Å²) in [6, 6.07) is 10.3. The Hall–Kier alpha value is -2.65. The van der Waals surface area contributed by atoms with Gasteiger partial charge in [0.2, 0.25) is 0 Å². The first kappa shape index (κ1) is 19.1. The lowest BCUT2D eigenvalue weighted by Gasteiger charge is -2.23. The third-order valence-corrected chi connectivity index (χ3v) is 6.52. The van der Waals surface area contributed by atoms with Crippen molar-refractivity contribution in [2.24, 2.45) is 0 Å². The molecule has 0 saturated heterocycles. The molecule has 2 aromatic carbocycles. The SMILES string of the molecule is COc1ccc(CN(c2nccs2)S(=O)(=O)c2ccccc2F)c(OC)c1. The highest BCUT2D eigenvalue weighted by Crippen LogP contribution is 2.32. The van der Waals surface area contributed by atoms with E-state index in [1.807, 2.05) is 0 Å². The molecule has 0 radical (unpaired) electrons. The molecule has 1 aromatic heterocycles. The first-order valence-corrected chi connectivity index (χ1v) is 10.2. The molecule has 3 rings (SSSR count). The Bertz CT molecular complexity index is 1020. The number of hydrogen-bond acceptors (Lipinski definition) is 6. The van der Waals surface area contributed by atoms with Gasteiger partial charge in [-0.05, 0) is 24.3 Å². The molecule has 9 heteroatoms. The minimum absolute atomic E-state index is 0.0721. The van der Waals surface area contributed by atoms with Crippen molar-refractivity contribution in [3.8, 4) is 11.5 Å². The maximum atomic E-state index is 14.2. The summed E-state index contributed by atoms with van der Waals surface area (Å²) in [7, 11) is -1.16. The molecule has 0 fully saturated rings. The highest BCUT2D eigenvalue weighted by atomic mass is 32.2. The molecule has 0 aliphatic rings. The van der Waals surface area contributed by atoms with Crippen LogP contribution in [0.4, 0.5) is 9.52 Å². The van der Waals surface area contributed by atoms with Gasteiger partial charge in [-0.15, -0.1) is 11.3 Å². The summed E-state index contributed by atoms with van der Waals surface area (Å²) in [6.45, 7) is -0.0721. The van der Waals surface area contributed by atoms with Crippen molar-refractivity contribution >= 4 is 26.5 Å². The number of thiazole rings is 1. The lowest BCUT2D eigenvalue weighted by atomic mass is 10.2. The number of nitrogens with zero attached hydrogens (tertiary/aromatic N) is 2. The van der Waals surface area contributed by atoms with Crippen molar-refractivity contribution in [3.05, 3.63) is 65.4 Å². The number of anilines is 1. The number of ether oxygens (including phenoxy) is 2. The normalized spacial score (nSPS) is 11.2. The second-order valence-electron chi connectivity index (χ2n) is 5.43. The molecule has 0 atom stereocenters. The van der Waals surface area contributed by atoms with Crippen LogP contribution in [-0.4, -0.2) is 27.6 Å². The molecule has 0 saturated carbocycles. The van der Waals surface area contributed by atoms with Crippen LogP contribution in [0.2, 0.25) is 0 Å². The average Bonchev–Trinajstić information content (AvgIpc) is 3.20. The summed E-state index contributed by atoms with van der Waals surface area (Å²) in [5.41, 5.74) is 0.591. The smallest absolute Gasteiger partial charge is 0.269 e. The zero-order valence-electron chi connectivity index (χ0n) is 14.6. The summed E-state index contributed by atoms with van der Waals surface area (Å²) in [4.78, 5) is 3.69. The van der Waals surface area contributed by atoms with Crippen molar-refractivity contribution < 1.29 is 22.3 Å². The van der Waals surface area contributed by atoms with E-state index in [9.17, 15) is 12.8 Å². The Balaban J connectivity index is 2.08. The van der Waals surface area contributed by atoms with E-state index in [0.29, 0.717) is 17.1 Å². The monoisotopic (exact) mass is 408 g/mol. The van der Waals surface area contributed by atoms with E-state index in [1.165, 1.54) is 38.6 Å². The van der Waals surface area contributed by atoms with E-state index in [-0.39, 0.29) is 11.7 Å². The van der Waals surface area contributed by atoms with Crippen LogP contribution < -0.4 is 13.8 Å². The quantitative estimate of drug-likeness (QED) is 0.596. The van der Waals surface area contributed by atoms with Crippen molar-refractivity contribution in [1.82, 2.24) is 4.98 Å². The van der Waals surface area contributed by atoms with Crippen molar-refractivity contribution in [3.63, 3.8) is 0 Å². The number of benzene rings is 2. The number of halogens is 1. The van der Waals surface area contributed by atoms with Gasteiger partial charge in [-0.1, -0.05) is 12.1 Å². The molecule has 142 valence electrons. The second kappa shape index (κ2) is 7.93. The maximum absolute atomic E-state index is 14.2. The van der Waals surface area contributed by atoms with E-state index in [1.54, 1.807) is 23.6 Å². The predicted molar refractivity (Wildman–Crippen MR) is 101 cm³/mol. The van der Waals surface area contributed by atoms with Crippen molar-refractivity contribution in [1.29, 1.82) is 0 Å². The number of rotatable bonds is 7. The molecule has 0 bridgehead atoms. The van der Waals surface area contributed by atoms with Gasteiger partial charge in [-0.2, -0.15) is 0 Å². The van der Waals surface area contributed by atoms with Gasteiger partial charge in [0, 0.05) is 23.2 Å². The van der Waals surface area contributed by atoms with Gasteiger partial charge in [0.25, 0.3) is 10.0 Å². The van der Waals surface area contributed by atoms with Gasteiger partial charge < -0.3 is 9.47 Å². The Kier molecular flexibility index (Phi) is 5.62. The first-order valence-electron chi connectivity index (χ1n) is 7.85. The fourth-order valence-corrected chi connectivity index (χ4v) is 4.84. The zero-order valence-corrected chi connectivity index (χ0v) is 16.3. The molecule has 1 heterocycles. The number of sulfonamides is 1. The molecule has 6 nitrogen and oxygen atoms in total. The Morgan fingerprint density at radius 3 is 2.56 bits per heavy atom. The number of aromatic nitrogens is 1. The van der Waals surface area contributed by atoms with Crippen LogP contribution >= 0.6 is 11.3 Å². The van der Waals surface area contributed by atoms with E-state index < -0.39 is 20.7 Å². The van der Waals surface area contributed by atoms with Crippen LogP contribution in [0.25, 0.3) is 0 Å². The molecule has 0 N–H and O–H groups in total. The third kappa shape index (κ3) is 3.88. The molecule has 0 amide bonds. The minimum atomic E-state index is -4.17. The van der Waals surface area contributed by atoms with Gasteiger partial charge >= 0.3 is 0 Å². The van der Waals surface area contributed by atoms with E-state index in [4.69, 9.17) is 9.47 Å². The van der Waals surface area contributed by atoms with E-state index in [0.717, 1.165) is 21.7 Å². The summed E-state index contributed by atoms with van der Waals surface area (Å²) in [5, 5.41) is 1.89. The molecular formula is C18H17FN2O4S2. The summed E-state index contributed by atoms with van der Waals surface area (Å²) >= 11 is 1.15. The van der Waals surface area contributed by atoms with Gasteiger partial charge in [0.15, 0.2) is 5.13 Å². The van der Waals surface area contributed by atoms with Crippen molar-refractivity contribution in [2.45, 2.75) is 11.4 Å². The molecule has 0 spiro atoms. The lowest BCUT2D eigenvalue weighted by Crippen LogP contribution is -2.31. The fraction of sp³-hybridized carbons (Fsp3) is 0.167. The fourth-order valence-electron chi connectivity index (χ4n) is 2.50. The molecule has 27 heavy (non-hydrogen) atoms. The minimum Gasteiger partial charge on any atom is -0.497 e. The molecular weight excluding hydrogens is 391 g/mol. The molecule has 0 unspecified atom stereocenters. The highest BCUT2D eigenvalue weighted by molar-refractivity contribution is 7.93. The van der Waals surface area contributed by atoms with Crippen LogP contribution in [0.5, 0.6) is 11.5 Å². The van der Waals surface area contributed by atoms with Gasteiger partial charge in [-0.3, -0.25) is 0 Å². The topological polar surface area (TPSA) is 68.7 Å². The van der Waals surface area contributed by atoms with Gasteiger partial charge in [0.1, 0.15) is 22.2 Å². The van der Waals surface area contributed by atoms with Gasteiger partial charge in [-0.25, -0.2) is 22.1 Å².